The van der Waals surface area contributed by atoms with Gasteiger partial charge in [0.25, 0.3) is 0 Å². The summed E-state index contributed by atoms with van der Waals surface area (Å²) < 4.78 is 4.40. The van der Waals surface area contributed by atoms with Gasteiger partial charge in [-0.3, -0.25) is 4.68 Å². The fraction of sp³-hybridized carbons (Fsp3) is 0.750. The molecule has 0 unspecified atom stereocenters. The quantitative estimate of drug-likeness (QED) is 0.731. The summed E-state index contributed by atoms with van der Waals surface area (Å²) in [6, 6.07) is 0. The van der Waals surface area contributed by atoms with Gasteiger partial charge in [-0.1, -0.05) is 20.3 Å². The third-order valence-corrected chi connectivity index (χ3v) is 4.94. The lowest BCUT2D eigenvalue weighted by Gasteiger charge is -2.17. The third kappa shape index (κ3) is 2.59. The molecular formula is C16H25ClN4. The molecule has 2 heterocycles. The second-order valence-electron chi connectivity index (χ2n) is 6.40. The van der Waals surface area contributed by atoms with Crippen LogP contribution in [-0.4, -0.2) is 25.2 Å². The number of imidazole rings is 1. The minimum atomic E-state index is 0.500. The third-order valence-electron chi connectivity index (χ3n) is 4.75. The lowest BCUT2D eigenvalue weighted by atomic mass is 10.0. The Kier molecular flexibility index (Phi) is 4.00. The van der Waals surface area contributed by atoms with Gasteiger partial charge >= 0.3 is 0 Å². The van der Waals surface area contributed by atoms with Crippen molar-refractivity contribution in [3.63, 3.8) is 0 Å². The highest BCUT2D eigenvalue weighted by Crippen LogP contribution is 2.51. The molecule has 0 atom stereocenters. The summed E-state index contributed by atoms with van der Waals surface area (Å²) in [5, 5.41) is 4.63. The molecular weight excluding hydrogens is 284 g/mol. The largest absolute Gasteiger partial charge is 0.312 e. The summed E-state index contributed by atoms with van der Waals surface area (Å²) in [6.07, 6.45) is 7.02. The van der Waals surface area contributed by atoms with Crippen molar-refractivity contribution in [2.75, 3.05) is 5.88 Å². The second kappa shape index (κ2) is 5.64. The van der Waals surface area contributed by atoms with E-state index in [1.807, 2.05) is 11.7 Å². The molecule has 21 heavy (non-hydrogen) atoms. The van der Waals surface area contributed by atoms with Crippen LogP contribution < -0.4 is 0 Å². The average molecular weight is 309 g/mol. The van der Waals surface area contributed by atoms with Crippen molar-refractivity contribution < 1.29 is 0 Å². The van der Waals surface area contributed by atoms with Crippen molar-refractivity contribution in [1.29, 1.82) is 0 Å². The van der Waals surface area contributed by atoms with Crippen molar-refractivity contribution in [3.8, 4) is 0 Å². The van der Waals surface area contributed by atoms with E-state index >= 15 is 0 Å². The number of fused-ring (bicyclic) bond motifs is 1. The van der Waals surface area contributed by atoms with Crippen LogP contribution in [-0.2, 0) is 26.4 Å². The molecule has 116 valence electrons. The predicted molar refractivity (Wildman–Crippen MR) is 86.9 cm³/mol. The molecule has 2 aromatic heterocycles. The van der Waals surface area contributed by atoms with Crippen LogP contribution in [0.25, 0.3) is 11.2 Å². The minimum Gasteiger partial charge on any atom is -0.312 e. The molecule has 0 amide bonds. The lowest BCUT2D eigenvalue weighted by Crippen LogP contribution is -2.16. The van der Waals surface area contributed by atoms with Crippen LogP contribution >= 0.6 is 11.6 Å². The number of nitrogens with zero attached hydrogens (tertiary/aromatic N) is 4. The Labute approximate surface area is 131 Å². The molecule has 1 fully saturated rings. The normalized spacial score (nSPS) is 16.8. The summed E-state index contributed by atoms with van der Waals surface area (Å²) in [6.45, 7) is 5.50. The van der Waals surface area contributed by atoms with Gasteiger partial charge in [0.05, 0.1) is 5.69 Å². The van der Waals surface area contributed by atoms with Gasteiger partial charge in [-0.2, -0.15) is 5.10 Å². The lowest BCUT2D eigenvalue weighted by molar-refractivity contribution is 0.384. The van der Waals surface area contributed by atoms with Gasteiger partial charge in [0.15, 0.2) is 5.65 Å². The summed E-state index contributed by atoms with van der Waals surface area (Å²) in [5.41, 5.74) is 3.85. The summed E-state index contributed by atoms with van der Waals surface area (Å²) in [7, 11) is 2.03. The maximum Gasteiger partial charge on any atom is 0.158 e. The van der Waals surface area contributed by atoms with Crippen molar-refractivity contribution in [2.24, 2.45) is 12.5 Å². The molecule has 3 rings (SSSR count). The van der Waals surface area contributed by atoms with E-state index in [0.29, 0.717) is 11.3 Å². The average Bonchev–Trinajstić information content (AvgIpc) is 3.02. The molecule has 0 saturated heterocycles. The van der Waals surface area contributed by atoms with Gasteiger partial charge in [-0.25, -0.2) is 4.98 Å². The Morgan fingerprint density at radius 2 is 2.05 bits per heavy atom. The van der Waals surface area contributed by atoms with Crippen LogP contribution in [0.5, 0.6) is 0 Å². The maximum absolute atomic E-state index is 5.99. The number of halogens is 1. The van der Waals surface area contributed by atoms with Crippen molar-refractivity contribution in [2.45, 2.75) is 58.9 Å². The Morgan fingerprint density at radius 3 is 2.62 bits per heavy atom. The minimum absolute atomic E-state index is 0.500. The number of aromatic nitrogens is 4. The van der Waals surface area contributed by atoms with Gasteiger partial charge in [0, 0.05) is 25.9 Å². The van der Waals surface area contributed by atoms with Gasteiger partial charge in [-0.05, 0) is 31.1 Å². The number of alkyl halides is 1. The Bertz CT molecular complexity index is 636. The van der Waals surface area contributed by atoms with Gasteiger partial charge < -0.3 is 4.57 Å². The Hall–Kier alpha value is -1.03. The smallest absolute Gasteiger partial charge is 0.158 e. The fourth-order valence-corrected chi connectivity index (χ4v) is 3.67. The molecule has 0 radical (unpaired) electrons. The van der Waals surface area contributed by atoms with Gasteiger partial charge in [-0.15, -0.1) is 11.6 Å². The molecule has 1 saturated carbocycles. The van der Waals surface area contributed by atoms with Crippen LogP contribution in [0.4, 0.5) is 0 Å². The van der Waals surface area contributed by atoms with E-state index in [0.717, 1.165) is 36.4 Å². The number of rotatable bonds is 7. The van der Waals surface area contributed by atoms with E-state index < -0.39 is 0 Å². The SMILES string of the molecule is CCCC1(Cn2c(CCCl)nc3c(CC)nn(C)c32)CC1. The molecule has 0 bridgehead atoms. The molecule has 1 aliphatic rings. The summed E-state index contributed by atoms with van der Waals surface area (Å²) >= 11 is 5.99. The van der Waals surface area contributed by atoms with Crippen LogP contribution in [0, 0.1) is 5.41 Å². The highest BCUT2D eigenvalue weighted by atomic mass is 35.5. The van der Waals surface area contributed by atoms with Crippen LogP contribution in [0.1, 0.15) is 51.0 Å². The fourth-order valence-electron chi connectivity index (χ4n) is 3.50. The molecule has 5 heteroatoms. The highest BCUT2D eigenvalue weighted by Gasteiger charge is 2.42. The molecule has 2 aromatic rings. The molecule has 0 N–H and O–H groups in total. The zero-order chi connectivity index (χ0) is 15.0. The van der Waals surface area contributed by atoms with E-state index in [1.54, 1.807) is 0 Å². The van der Waals surface area contributed by atoms with Crippen LogP contribution in [0.3, 0.4) is 0 Å². The predicted octanol–water partition coefficient (Wildman–Crippen LogP) is 3.69. The van der Waals surface area contributed by atoms with E-state index in [4.69, 9.17) is 16.6 Å². The first-order valence-corrected chi connectivity index (χ1v) is 8.64. The van der Waals surface area contributed by atoms with Crippen LogP contribution in [0.15, 0.2) is 0 Å². The van der Waals surface area contributed by atoms with E-state index in [2.05, 4.69) is 23.5 Å². The first kappa shape index (κ1) is 14.9. The number of aryl methyl sites for hydroxylation is 3. The summed E-state index contributed by atoms with van der Waals surface area (Å²) in [5.74, 6) is 1.75. The molecule has 0 spiro atoms. The molecule has 4 nitrogen and oxygen atoms in total. The Balaban J connectivity index is 2.05. The van der Waals surface area contributed by atoms with Crippen LogP contribution in [0.2, 0.25) is 0 Å². The standard InChI is InChI=1S/C16H25ClN4/c1-4-7-16(8-9-16)11-21-13(6-10-17)18-14-12(5-2)19-20(3)15(14)21/h4-11H2,1-3H3. The number of hydrogen-bond acceptors (Lipinski definition) is 2. The highest BCUT2D eigenvalue weighted by molar-refractivity contribution is 6.17. The van der Waals surface area contributed by atoms with Crippen molar-refractivity contribution in [3.05, 3.63) is 11.5 Å². The molecule has 1 aliphatic carbocycles. The topological polar surface area (TPSA) is 35.6 Å². The van der Waals surface area contributed by atoms with Crippen molar-refractivity contribution in [1.82, 2.24) is 19.3 Å². The van der Waals surface area contributed by atoms with E-state index in [9.17, 15) is 0 Å². The molecule has 0 aromatic carbocycles. The zero-order valence-corrected chi connectivity index (χ0v) is 14.1. The Morgan fingerprint density at radius 1 is 1.29 bits per heavy atom. The zero-order valence-electron chi connectivity index (χ0n) is 13.3. The monoisotopic (exact) mass is 308 g/mol. The number of hydrogen-bond donors (Lipinski definition) is 0. The van der Waals surface area contributed by atoms with E-state index in [-0.39, 0.29) is 0 Å². The van der Waals surface area contributed by atoms with Gasteiger partial charge in [0.1, 0.15) is 11.3 Å². The first-order valence-electron chi connectivity index (χ1n) is 8.11. The maximum atomic E-state index is 5.99. The van der Waals surface area contributed by atoms with E-state index in [1.165, 1.54) is 31.3 Å². The van der Waals surface area contributed by atoms with Gasteiger partial charge in [0.2, 0.25) is 0 Å². The van der Waals surface area contributed by atoms with Crippen molar-refractivity contribution >= 4 is 22.8 Å². The molecule has 0 aliphatic heterocycles. The summed E-state index contributed by atoms with van der Waals surface area (Å²) in [4.78, 5) is 4.86. The second-order valence-corrected chi connectivity index (χ2v) is 6.78. The first-order chi connectivity index (χ1) is 10.1.